The summed E-state index contributed by atoms with van der Waals surface area (Å²) in [6.45, 7) is 1.08. The molecule has 0 N–H and O–H groups in total. The van der Waals surface area contributed by atoms with Crippen molar-refractivity contribution in [1.82, 2.24) is 4.98 Å². The Kier molecular flexibility index (Phi) is 3.86. The normalized spacial score (nSPS) is 14.7. The van der Waals surface area contributed by atoms with Gasteiger partial charge in [-0.05, 0) is 24.3 Å². The first-order valence-electron chi connectivity index (χ1n) is 7.37. The maximum Gasteiger partial charge on any atom is 0.343 e. The molecule has 1 aromatic heterocycles. The largest absolute Gasteiger partial charge is 0.455 e. The fourth-order valence-corrected chi connectivity index (χ4v) is 3.79. The molecule has 0 bridgehead atoms. The van der Waals surface area contributed by atoms with Gasteiger partial charge in [-0.2, -0.15) is 0 Å². The number of carbonyl (C=O) groups is 1. The summed E-state index contributed by atoms with van der Waals surface area (Å²) in [6.07, 6.45) is -0.291. The molecule has 3 aromatic rings. The molecular weight excluding hydrogens is 351 g/mol. The molecule has 24 heavy (non-hydrogen) atoms. The zero-order valence-electron chi connectivity index (χ0n) is 12.4. The lowest BCUT2D eigenvalue weighted by atomic mass is 10.1. The van der Waals surface area contributed by atoms with Gasteiger partial charge in [-0.15, -0.1) is 0 Å². The van der Waals surface area contributed by atoms with Crippen molar-refractivity contribution in [1.29, 1.82) is 0 Å². The van der Waals surface area contributed by atoms with Crippen molar-refractivity contribution in [3.8, 4) is 0 Å². The van der Waals surface area contributed by atoms with Gasteiger partial charge < -0.3 is 9.64 Å². The van der Waals surface area contributed by atoms with E-state index in [1.54, 1.807) is 11.3 Å². The molecule has 1 saturated heterocycles. The molecule has 2 aromatic carbocycles. The average molecular weight is 363 g/mol. The number of nitrogens with zero attached hydrogens (tertiary/aromatic N) is 2. The van der Waals surface area contributed by atoms with Crippen LogP contribution in [-0.2, 0) is 4.74 Å². The van der Waals surface area contributed by atoms with Gasteiger partial charge in [0.2, 0.25) is 0 Å². The Hall–Kier alpha value is -2.18. The van der Waals surface area contributed by atoms with E-state index in [-0.39, 0.29) is 16.7 Å². The lowest BCUT2D eigenvalue weighted by Crippen LogP contribution is -2.53. The first-order valence-corrected chi connectivity index (χ1v) is 8.57. The average Bonchev–Trinajstić information content (AvgIpc) is 2.93. The number of fused-ring (bicyclic) bond motifs is 1. The van der Waals surface area contributed by atoms with Crippen LogP contribution in [0.5, 0.6) is 0 Å². The van der Waals surface area contributed by atoms with Crippen LogP contribution in [0.2, 0.25) is 5.02 Å². The molecule has 1 aliphatic rings. The van der Waals surface area contributed by atoms with Crippen LogP contribution in [0.15, 0.2) is 42.5 Å². The molecule has 7 heteroatoms. The van der Waals surface area contributed by atoms with Crippen LogP contribution < -0.4 is 4.90 Å². The van der Waals surface area contributed by atoms with Crippen molar-refractivity contribution < 1.29 is 13.9 Å². The zero-order valence-corrected chi connectivity index (χ0v) is 14.0. The SMILES string of the molecule is O=C(OC1CN(c2nc3ccccc3s2)C1)c1c(F)cccc1Cl. The highest BCUT2D eigenvalue weighted by Crippen LogP contribution is 2.32. The summed E-state index contributed by atoms with van der Waals surface area (Å²) in [5.41, 5.74) is 0.744. The van der Waals surface area contributed by atoms with Gasteiger partial charge in [0.15, 0.2) is 5.13 Å². The van der Waals surface area contributed by atoms with Crippen molar-refractivity contribution >= 4 is 44.3 Å². The predicted octanol–water partition coefficient (Wildman–Crippen LogP) is 4.13. The van der Waals surface area contributed by atoms with E-state index in [2.05, 4.69) is 4.98 Å². The molecule has 0 spiro atoms. The number of ether oxygens (including phenoxy) is 1. The summed E-state index contributed by atoms with van der Waals surface area (Å²) in [7, 11) is 0. The summed E-state index contributed by atoms with van der Waals surface area (Å²) in [5.74, 6) is -1.40. The minimum Gasteiger partial charge on any atom is -0.455 e. The molecule has 4 rings (SSSR count). The van der Waals surface area contributed by atoms with Crippen molar-refractivity contribution in [3.63, 3.8) is 0 Å². The molecule has 4 nitrogen and oxygen atoms in total. The zero-order chi connectivity index (χ0) is 16.7. The van der Waals surface area contributed by atoms with Gasteiger partial charge in [0, 0.05) is 0 Å². The van der Waals surface area contributed by atoms with E-state index in [0.29, 0.717) is 13.1 Å². The Morgan fingerprint density at radius 3 is 2.79 bits per heavy atom. The van der Waals surface area contributed by atoms with Crippen LogP contribution in [0.4, 0.5) is 9.52 Å². The highest BCUT2D eigenvalue weighted by Gasteiger charge is 2.33. The van der Waals surface area contributed by atoms with Crippen LogP contribution in [0.1, 0.15) is 10.4 Å². The quantitative estimate of drug-likeness (QED) is 0.657. The molecule has 0 radical (unpaired) electrons. The number of hydrogen-bond acceptors (Lipinski definition) is 5. The van der Waals surface area contributed by atoms with Crippen LogP contribution in [0, 0.1) is 5.82 Å². The molecule has 1 aliphatic heterocycles. The standard InChI is InChI=1S/C17H12ClFN2O2S/c18-11-4-3-5-12(19)15(11)16(22)23-10-8-21(9-10)17-20-13-6-1-2-7-14(13)24-17/h1-7,10H,8-9H2. The van der Waals surface area contributed by atoms with Gasteiger partial charge in [0.05, 0.1) is 28.3 Å². The predicted molar refractivity (Wildman–Crippen MR) is 92.4 cm³/mol. The topological polar surface area (TPSA) is 42.4 Å². The van der Waals surface area contributed by atoms with E-state index in [1.165, 1.54) is 18.2 Å². The number of carbonyl (C=O) groups excluding carboxylic acids is 1. The number of aromatic nitrogens is 1. The summed E-state index contributed by atoms with van der Waals surface area (Å²) in [5, 5.41) is 0.953. The molecule has 0 aliphatic carbocycles. The van der Waals surface area contributed by atoms with Gasteiger partial charge >= 0.3 is 5.97 Å². The van der Waals surface area contributed by atoms with Crippen LogP contribution in [0.25, 0.3) is 10.2 Å². The maximum atomic E-state index is 13.7. The number of para-hydroxylation sites is 1. The maximum absolute atomic E-state index is 13.7. The molecular formula is C17H12ClFN2O2S. The van der Waals surface area contributed by atoms with Crippen LogP contribution in [0.3, 0.4) is 0 Å². The van der Waals surface area contributed by atoms with Crippen molar-refractivity contribution in [3.05, 3.63) is 58.9 Å². The second-order valence-corrected chi connectivity index (χ2v) is 6.91. The number of halogens is 2. The molecule has 0 saturated carbocycles. The summed E-state index contributed by atoms with van der Waals surface area (Å²) in [6, 6.07) is 12.0. The molecule has 0 atom stereocenters. The summed E-state index contributed by atoms with van der Waals surface area (Å²) >= 11 is 7.48. The number of thiazole rings is 1. The number of rotatable bonds is 3. The second kappa shape index (κ2) is 6.03. The highest BCUT2D eigenvalue weighted by atomic mass is 35.5. The van der Waals surface area contributed by atoms with E-state index < -0.39 is 11.8 Å². The summed E-state index contributed by atoms with van der Waals surface area (Å²) < 4.78 is 20.2. The van der Waals surface area contributed by atoms with E-state index >= 15 is 0 Å². The van der Waals surface area contributed by atoms with E-state index in [0.717, 1.165) is 15.3 Å². The summed E-state index contributed by atoms with van der Waals surface area (Å²) in [4.78, 5) is 18.7. The minimum atomic E-state index is -0.730. The number of benzene rings is 2. The number of esters is 1. The second-order valence-electron chi connectivity index (χ2n) is 5.49. The minimum absolute atomic E-state index is 0.0577. The lowest BCUT2D eigenvalue weighted by Gasteiger charge is -2.38. The van der Waals surface area contributed by atoms with Gasteiger partial charge in [0.25, 0.3) is 0 Å². The first-order chi connectivity index (χ1) is 11.6. The van der Waals surface area contributed by atoms with Crippen LogP contribution >= 0.6 is 22.9 Å². The van der Waals surface area contributed by atoms with Gasteiger partial charge in [-0.3, -0.25) is 0 Å². The first kappa shape index (κ1) is 15.4. The third-order valence-corrected chi connectivity index (χ3v) is 5.25. The highest BCUT2D eigenvalue weighted by molar-refractivity contribution is 7.22. The van der Waals surface area contributed by atoms with Crippen molar-refractivity contribution in [2.45, 2.75) is 6.10 Å². The Bertz CT molecular complexity index is 871. The van der Waals surface area contributed by atoms with Crippen molar-refractivity contribution in [2.24, 2.45) is 0 Å². The smallest absolute Gasteiger partial charge is 0.343 e. The monoisotopic (exact) mass is 362 g/mol. The molecule has 122 valence electrons. The van der Waals surface area contributed by atoms with Crippen LogP contribution in [-0.4, -0.2) is 30.1 Å². The lowest BCUT2D eigenvalue weighted by molar-refractivity contribution is 0.0229. The molecule has 1 fully saturated rings. The Morgan fingerprint density at radius 2 is 2.04 bits per heavy atom. The Morgan fingerprint density at radius 1 is 1.25 bits per heavy atom. The molecule has 0 amide bonds. The van der Waals surface area contributed by atoms with Crippen molar-refractivity contribution in [2.75, 3.05) is 18.0 Å². The number of hydrogen-bond donors (Lipinski definition) is 0. The Labute approximate surface area is 146 Å². The van der Waals surface area contributed by atoms with Gasteiger partial charge in [-0.25, -0.2) is 14.2 Å². The van der Waals surface area contributed by atoms with E-state index in [9.17, 15) is 9.18 Å². The molecule has 0 unspecified atom stereocenters. The third-order valence-electron chi connectivity index (χ3n) is 3.84. The van der Waals surface area contributed by atoms with Gasteiger partial charge in [-0.1, -0.05) is 41.1 Å². The third kappa shape index (κ3) is 2.72. The van der Waals surface area contributed by atoms with E-state index in [1.807, 2.05) is 29.2 Å². The van der Waals surface area contributed by atoms with E-state index in [4.69, 9.17) is 16.3 Å². The number of anilines is 1. The molecule has 2 heterocycles. The fraction of sp³-hybridized carbons (Fsp3) is 0.176. The Balaban J connectivity index is 1.42. The fourth-order valence-electron chi connectivity index (χ4n) is 2.57. The van der Waals surface area contributed by atoms with Gasteiger partial charge in [0.1, 0.15) is 17.5 Å².